The van der Waals surface area contributed by atoms with E-state index < -0.39 is 0 Å². The van der Waals surface area contributed by atoms with Crippen LogP contribution in [-0.4, -0.2) is 18.0 Å². The van der Waals surface area contributed by atoms with E-state index in [1.807, 2.05) is 0 Å². The maximum Gasteiger partial charge on any atom is 0.0236 e. The monoisotopic (exact) mass is 265 g/mol. The van der Waals surface area contributed by atoms with Crippen LogP contribution in [0.5, 0.6) is 0 Å². The van der Waals surface area contributed by atoms with Crippen LogP contribution in [0.25, 0.3) is 11.1 Å². The summed E-state index contributed by atoms with van der Waals surface area (Å²) in [5, 5.41) is 0. The van der Waals surface area contributed by atoms with Crippen LogP contribution in [0.3, 0.4) is 0 Å². The van der Waals surface area contributed by atoms with Crippen molar-refractivity contribution >= 4 is 0 Å². The molecule has 104 valence electrons. The molecule has 1 aliphatic heterocycles. The molecule has 1 aliphatic rings. The molecule has 2 aromatic carbocycles. The largest absolute Gasteiger partial charge is 0.299 e. The third kappa shape index (κ3) is 2.64. The lowest BCUT2D eigenvalue weighted by molar-refractivity contribution is 0.268. The number of rotatable bonds is 3. The van der Waals surface area contributed by atoms with Gasteiger partial charge in [0.15, 0.2) is 0 Å². The summed E-state index contributed by atoms with van der Waals surface area (Å²) in [6.07, 6.45) is 2.29. The molecule has 0 atom stereocenters. The topological polar surface area (TPSA) is 3.24 Å². The lowest BCUT2D eigenvalue weighted by atomic mass is 9.94. The van der Waals surface area contributed by atoms with Gasteiger partial charge in [-0.3, -0.25) is 4.90 Å². The van der Waals surface area contributed by atoms with Crippen LogP contribution in [0.2, 0.25) is 0 Å². The predicted molar refractivity (Wildman–Crippen MR) is 85.9 cm³/mol. The average Bonchev–Trinajstić information content (AvgIpc) is 2.54. The van der Waals surface area contributed by atoms with Gasteiger partial charge < -0.3 is 0 Å². The molecule has 1 nitrogen and oxygen atoms in total. The van der Waals surface area contributed by atoms with E-state index in [2.05, 4.69) is 61.2 Å². The van der Waals surface area contributed by atoms with Gasteiger partial charge in [-0.1, -0.05) is 56.3 Å². The number of nitrogens with zero attached hydrogens (tertiary/aromatic N) is 1. The van der Waals surface area contributed by atoms with Gasteiger partial charge in [-0.15, -0.1) is 0 Å². The van der Waals surface area contributed by atoms with Crippen LogP contribution in [0.15, 0.2) is 42.5 Å². The minimum absolute atomic E-state index is 1.11. The van der Waals surface area contributed by atoms with Crippen LogP contribution < -0.4 is 0 Å². The molecular weight excluding hydrogens is 242 g/mol. The number of hydrogen-bond donors (Lipinski definition) is 0. The molecule has 2 aromatic rings. The Morgan fingerprint density at radius 3 is 2.35 bits per heavy atom. The van der Waals surface area contributed by atoms with Crippen molar-refractivity contribution < 1.29 is 0 Å². The fourth-order valence-electron chi connectivity index (χ4n) is 2.99. The highest BCUT2D eigenvalue weighted by Crippen LogP contribution is 2.26. The Kier molecular flexibility index (Phi) is 3.88. The Hall–Kier alpha value is -1.60. The summed E-state index contributed by atoms with van der Waals surface area (Å²) in [5.74, 6) is 0. The van der Waals surface area contributed by atoms with Crippen LogP contribution in [0, 0.1) is 0 Å². The summed E-state index contributed by atoms with van der Waals surface area (Å²) in [5.41, 5.74) is 7.14. The minimum atomic E-state index is 1.11. The molecule has 0 saturated carbocycles. The van der Waals surface area contributed by atoms with Gasteiger partial charge >= 0.3 is 0 Å². The SMILES string of the molecule is CCc1ccc(-c2ccc3c(c2)CCN(CC)C3)cc1. The molecule has 20 heavy (non-hydrogen) atoms. The summed E-state index contributed by atoms with van der Waals surface area (Å²) in [6, 6.07) is 16.0. The van der Waals surface area contributed by atoms with E-state index in [0.29, 0.717) is 0 Å². The molecule has 0 spiro atoms. The summed E-state index contributed by atoms with van der Waals surface area (Å²) < 4.78 is 0. The predicted octanol–water partition coefficient (Wildman–Crippen LogP) is 4.29. The first-order chi connectivity index (χ1) is 9.80. The van der Waals surface area contributed by atoms with E-state index in [1.54, 1.807) is 0 Å². The second-order valence-electron chi connectivity index (χ2n) is 5.65. The lowest BCUT2D eigenvalue weighted by Gasteiger charge is -2.27. The molecule has 1 heteroatoms. The molecule has 0 N–H and O–H groups in total. The summed E-state index contributed by atoms with van der Waals surface area (Å²) in [6.45, 7) is 7.91. The highest BCUT2D eigenvalue weighted by molar-refractivity contribution is 5.65. The summed E-state index contributed by atoms with van der Waals surface area (Å²) in [7, 11) is 0. The molecule has 0 bridgehead atoms. The van der Waals surface area contributed by atoms with Gasteiger partial charge in [0.05, 0.1) is 0 Å². The molecule has 0 aromatic heterocycles. The molecule has 3 rings (SSSR count). The molecule has 0 aliphatic carbocycles. The van der Waals surface area contributed by atoms with Crippen molar-refractivity contribution in [1.29, 1.82) is 0 Å². The third-order valence-corrected chi connectivity index (χ3v) is 4.44. The fraction of sp³-hybridized carbons (Fsp3) is 0.368. The van der Waals surface area contributed by atoms with Crippen LogP contribution in [0.1, 0.15) is 30.5 Å². The van der Waals surface area contributed by atoms with Gasteiger partial charge in [-0.05, 0) is 47.2 Å². The molecule has 0 amide bonds. The zero-order valence-corrected chi connectivity index (χ0v) is 12.5. The first-order valence-electron chi connectivity index (χ1n) is 7.73. The number of aryl methyl sites for hydroxylation is 1. The molecular formula is C19H23N. The first kappa shape index (κ1) is 13.4. The Balaban J connectivity index is 1.88. The standard InChI is InChI=1S/C19H23N/c1-3-15-5-7-16(8-6-15)17-9-10-19-14-20(4-2)12-11-18(19)13-17/h5-10,13H,3-4,11-12,14H2,1-2H3. The van der Waals surface area contributed by atoms with Crippen LogP contribution >= 0.6 is 0 Å². The summed E-state index contributed by atoms with van der Waals surface area (Å²) >= 11 is 0. The molecule has 0 radical (unpaired) electrons. The van der Waals surface area contributed by atoms with Gasteiger partial charge in [0, 0.05) is 13.1 Å². The van der Waals surface area contributed by atoms with Crippen molar-refractivity contribution in [3.05, 3.63) is 59.2 Å². The minimum Gasteiger partial charge on any atom is -0.299 e. The highest BCUT2D eigenvalue weighted by Gasteiger charge is 2.15. The van der Waals surface area contributed by atoms with Crippen molar-refractivity contribution in [3.8, 4) is 11.1 Å². The zero-order valence-electron chi connectivity index (χ0n) is 12.5. The van der Waals surface area contributed by atoms with E-state index in [4.69, 9.17) is 0 Å². The van der Waals surface area contributed by atoms with Gasteiger partial charge in [0.1, 0.15) is 0 Å². The van der Waals surface area contributed by atoms with Crippen molar-refractivity contribution in [3.63, 3.8) is 0 Å². The number of hydrogen-bond acceptors (Lipinski definition) is 1. The first-order valence-corrected chi connectivity index (χ1v) is 7.73. The normalized spacial score (nSPS) is 15.1. The maximum absolute atomic E-state index is 2.51. The quantitative estimate of drug-likeness (QED) is 0.800. The Morgan fingerprint density at radius 2 is 1.65 bits per heavy atom. The van der Waals surface area contributed by atoms with Gasteiger partial charge in [0.25, 0.3) is 0 Å². The molecule has 0 saturated heterocycles. The van der Waals surface area contributed by atoms with E-state index in [0.717, 1.165) is 19.5 Å². The van der Waals surface area contributed by atoms with Crippen LogP contribution in [-0.2, 0) is 19.4 Å². The molecule has 0 fully saturated rings. The lowest BCUT2D eigenvalue weighted by Crippen LogP contribution is -2.30. The second kappa shape index (κ2) is 5.80. The van der Waals surface area contributed by atoms with Crippen molar-refractivity contribution in [2.75, 3.05) is 13.1 Å². The van der Waals surface area contributed by atoms with E-state index >= 15 is 0 Å². The van der Waals surface area contributed by atoms with Crippen molar-refractivity contribution in [2.45, 2.75) is 33.2 Å². The van der Waals surface area contributed by atoms with Crippen molar-refractivity contribution in [1.82, 2.24) is 4.90 Å². The molecule has 0 unspecified atom stereocenters. The molecule has 1 heterocycles. The number of fused-ring (bicyclic) bond motifs is 1. The number of likely N-dealkylation sites (N-methyl/N-ethyl adjacent to an activating group) is 1. The van der Waals surface area contributed by atoms with E-state index in [9.17, 15) is 0 Å². The summed E-state index contributed by atoms with van der Waals surface area (Å²) in [4.78, 5) is 2.51. The van der Waals surface area contributed by atoms with E-state index in [-0.39, 0.29) is 0 Å². The van der Waals surface area contributed by atoms with Gasteiger partial charge in [-0.25, -0.2) is 0 Å². The van der Waals surface area contributed by atoms with Gasteiger partial charge in [-0.2, -0.15) is 0 Å². The highest BCUT2D eigenvalue weighted by atomic mass is 15.1. The van der Waals surface area contributed by atoms with E-state index in [1.165, 1.54) is 40.8 Å². The average molecular weight is 265 g/mol. The van der Waals surface area contributed by atoms with Crippen molar-refractivity contribution in [2.24, 2.45) is 0 Å². The Labute approximate surface area is 122 Å². The maximum atomic E-state index is 2.51. The van der Waals surface area contributed by atoms with Crippen LogP contribution in [0.4, 0.5) is 0 Å². The van der Waals surface area contributed by atoms with Gasteiger partial charge in [0.2, 0.25) is 0 Å². The number of benzene rings is 2. The smallest absolute Gasteiger partial charge is 0.0236 e. The third-order valence-electron chi connectivity index (χ3n) is 4.44. The second-order valence-corrected chi connectivity index (χ2v) is 5.65. The Bertz CT molecular complexity index is 583. The zero-order chi connectivity index (χ0) is 13.9. The fourth-order valence-corrected chi connectivity index (χ4v) is 2.99. The Morgan fingerprint density at radius 1 is 0.900 bits per heavy atom.